The van der Waals surface area contributed by atoms with Crippen LogP contribution in [0.25, 0.3) is 0 Å². The van der Waals surface area contributed by atoms with Gasteiger partial charge in [0.2, 0.25) is 0 Å². The summed E-state index contributed by atoms with van der Waals surface area (Å²) in [6, 6.07) is 3.87. The minimum absolute atomic E-state index is 0.00950. The normalized spacial score (nSPS) is 10.5. The van der Waals surface area contributed by atoms with Gasteiger partial charge in [-0.3, -0.25) is 4.79 Å². The molecule has 0 spiro atoms. The second kappa shape index (κ2) is 7.61. The average molecular weight is 296 g/mol. The number of carbonyl (C=O) groups is 2. The molecular formula is C15H21FN2O3. The molecule has 0 aromatic heterocycles. The van der Waals surface area contributed by atoms with Crippen LogP contribution in [-0.2, 0) is 4.79 Å². The van der Waals surface area contributed by atoms with Crippen molar-refractivity contribution in [2.75, 3.05) is 11.9 Å². The van der Waals surface area contributed by atoms with Gasteiger partial charge < -0.3 is 15.3 Å². The summed E-state index contributed by atoms with van der Waals surface area (Å²) in [5.41, 5.74) is 1.11. The summed E-state index contributed by atoms with van der Waals surface area (Å²) in [6.45, 7) is 5.77. The monoisotopic (exact) mass is 296 g/mol. The van der Waals surface area contributed by atoms with Crippen molar-refractivity contribution >= 4 is 17.7 Å². The lowest BCUT2D eigenvalue weighted by molar-refractivity contribution is -0.137. The summed E-state index contributed by atoms with van der Waals surface area (Å²) in [7, 11) is 0. The summed E-state index contributed by atoms with van der Waals surface area (Å²) >= 11 is 0. The van der Waals surface area contributed by atoms with Crippen LogP contribution in [0.15, 0.2) is 18.2 Å². The quantitative estimate of drug-likeness (QED) is 0.846. The third-order valence-electron chi connectivity index (χ3n) is 2.97. The Bertz CT molecular complexity index is 497. The fourth-order valence-electron chi connectivity index (χ4n) is 2.00. The molecule has 2 N–H and O–H groups in total. The summed E-state index contributed by atoms with van der Waals surface area (Å²) in [6.07, 6.45) is 0.388. The minimum Gasteiger partial charge on any atom is -0.481 e. The Morgan fingerprint density at radius 2 is 2.00 bits per heavy atom. The molecule has 1 aromatic carbocycles. The van der Waals surface area contributed by atoms with E-state index in [1.807, 2.05) is 13.8 Å². The molecule has 0 fully saturated rings. The first-order valence-corrected chi connectivity index (χ1v) is 6.86. The zero-order chi connectivity index (χ0) is 16.0. The van der Waals surface area contributed by atoms with Gasteiger partial charge in [0.05, 0.1) is 0 Å². The highest BCUT2D eigenvalue weighted by atomic mass is 19.1. The number of nitrogens with zero attached hydrogens (tertiary/aromatic N) is 1. The van der Waals surface area contributed by atoms with E-state index in [4.69, 9.17) is 5.11 Å². The Hall–Kier alpha value is -2.11. The zero-order valence-corrected chi connectivity index (χ0v) is 12.5. The zero-order valence-electron chi connectivity index (χ0n) is 12.5. The molecule has 0 bridgehead atoms. The average Bonchev–Trinajstić information content (AvgIpc) is 2.32. The van der Waals surface area contributed by atoms with E-state index in [0.29, 0.717) is 24.2 Å². The Kier molecular flexibility index (Phi) is 6.14. The number of carboxylic acids is 1. The molecular weight excluding hydrogens is 275 g/mol. The fourth-order valence-corrected chi connectivity index (χ4v) is 2.00. The van der Waals surface area contributed by atoms with Crippen molar-refractivity contribution in [3.05, 3.63) is 29.6 Å². The van der Waals surface area contributed by atoms with Gasteiger partial charge in [0.25, 0.3) is 0 Å². The molecule has 2 amide bonds. The molecule has 0 unspecified atom stereocenters. The molecule has 0 heterocycles. The lowest BCUT2D eigenvalue weighted by atomic mass is 10.2. The molecule has 0 radical (unpaired) electrons. The summed E-state index contributed by atoms with van der Waals surface area (Å²) in [4.78, 5) is 24.3. The second-order valence-electron chi connectivity index (χ2n) is 5.23. The number of rotatable bonds is 6. The van der Waals surface area contributed by atoms with Gasteiger partial charge in [-0.1, -0.05) is 0 Å². The largest absolute Gasteiger partial charge is 0.481 e. The third kappa shape index (κ3) is 5.81. The molecule has 0 aliphatic heterocycles. The SMILES string of the molecule is Cc1cc(F)cc(NC(=O)N(CCCC(=O)O)C(C)C)c1. The van der Waals surface area contributed by atoms with Crippen LogP contribution in [0, 0.1) is 12.7 Å². The molecule has 21 heavy (non-hydrogen) atoms. The molecule has 0 saturated heterocycles. The van der Waals surface area contributed by atoms with E-state index in [2.05, 4.69) is 5.32 Å². The van der Waals surface area contributed by atoms with Gasteiger partial charge in [0.15, 0.2) is 0 Å². The topological polar surface area (TPSA) is 69.6 Å². The molecule has 0 aliphatic rings. The van der Waals surface area contributed by atoms with Crippen LogP contribution in [0.3, 0.4) is 0 Å². The van der Waals surface area contributed by atoms with Crippen LogP contribution >= 0.6 is 0 Å². The number of anilines is 1. The first kappa shape index (κ1) is 16.9. The number of amides is 2. The summed E-state index contributed by atoms with van der Waals surface area (Å²) in [5, 5.41) is 11.3. The summed E-state index contributed by atoms with van der Waals surface area (Å²) < 4.78 is 13.3. The van der Waals surface area contributed by atoms with Crippen LogP contribution in [-0.4, -0.2) is 34.6 Å². The van der Waals surface area contributed by atoms with Crippen molar-refractivity contribution in [1.29, 1.82) is 0 Å². The van der Waals surface area contributed by atoms with E-state index in [-0.39, 0.29) is 18.5 Å². The Labute approximate surface area is 123 Å². The Morgan fingerprint density at radius 1 is 1.33 bits per heavy atom. The van der Waals surface area contributed by atoms with Gasteiger partial charge in [-0.25, -0.2) is 9.18 Å². The highest BCUT2D eigenvalue weighted by molar-refractivity contribution is 5.89. The number of urea groups is 1. The van der Waals surface area contributed by atoms with Crippen LogP contribution in [0.5, 0.6) is 0 Å². The lowest BCUT2D eigenvalue weighted by Gasteiger charge is -2.27. The minimum atomic E-state index is -0.889. The number of hydrogen-bond donors (Lipinski definition) is 2. The number of carbonyl (C=O) groups excluding carboxylic acids is 1. The molecule has 6 heteroatoms. The molecule has 0 atom stereocenters. The highest BCUT2D eigenvalue weighted by Crippen LogP contribution is 2.15. The van der Waals surface area contributed by atoms with Crippen molar-refractivity contribution in [2.24, 2.45) is 0 Å². The number of carboxylic acid groups (broad SMARTS) is 1. The van der Waals surface area contributed by atoms with Crippen molar-refractivity contribution in [1.82, 2.24) is 4.90 Å². The van der Waals surface area contributed by atoms with E-state index in [1.165, 1.54) is 17.0 Å². The van der Waals surface area contributed by atoms with Gasteiger partial charge in [0, 0.05) is 24.7 Å². The van der Waals surface area contributed by atoms with Crippen molar-refractivity contribution < 1.29 is 19.1 Å². The van der Waals surface area contributed by atoms with Gasteiger partial charge >= 0.3 is 12.0 Å². The Morgan fingerprint density at radius 3 is 2.52 bits per heavy atom. The molecule has 0 aliphatic carbocycles. The lowest BCUT2D eigenvalue weighted by Crippen LogP contribution is -2.40. The van der Waals surface area contributed by atoms with Gasteiger partial charge in [0.1, 0.15) is 5.82 Å². The first-order chi connectivity index (χ1) is 9.79. The van der Waals surface area contributed by atoms with Crippen LogP contribution < -0.4 is 5.32 Å². The Balaban J connectivity index is 2.70. The van der Waals surface area contributed by atoms with Crippen molar-refractivity contribution in [3.8, 4) is 0 Å². The fraction of sp³-hybridized carbons (Fsp3) is 0.467. The molecule has 116 valence electrons. The van der Waals surface area contributed by atoms with Crippen molar-refractivity contribution in [3.63, 3.8) is 0 Å². The predicted molar refractivity (Wildman–Crippen MR) is 78.9 cm³/mol. The number of hydrogen-bond acceptors (Lipinski definition) is 2. The maximum atomic E-state index is 13.3. The number of halogens is 1. The highest BCUT2D eigenvalue weighted by Gasteiger charge is 2.17. The van der Waals surface area contributed by atoms with Gasteiger partial charge in [-0.15, -0.1) is 0 Å². The molecule has 5 nitrogen and oxygen atoms in total. The smallest absolute Gasteiger partial charge is 0.322 e. The van der Waals surface area contributed by atoms with Crippen LogP contribution in [0.2, 0.25) is 0 Å². The number of aliphatic carboxylic acids is 1. The van der Waals surface area contributed by atoms with Gasteiger partial charge in [-0.2, -0.15) is 0 Å². The van der Waals surface area contributed by atoms with Gasteiger partial charge in [-0.05, 0) is 51.0 Å². The number of benzene rings is 1. The standard InChI is InChI=1S/C15H21FN2O3/c1-10(2)18(6-4-5-14(19)20)15(21)17-13-8-11(3)7-12(16)9-13/h7-10H,4-6H2,1-3H3,(H,17,21)(H,19,20). The first-order valence-electron chi connectivity index (χ1n) is 6.86. The summed E-state index contributed by atoms with van der Waals surface area (Å²) in [5.74, 6) is -1.30. The van der Waals surface area contributed by atoms with E-state index in [0.717, 1.165) is 0 Å². The second-order valence-corrected chi connectivity index (χ2v) is 5.23. The number of nitrogens with one attached hydrogen (secondary N) is 1. The molecule has 1 rings (SSSR count). The number of aryl methyl sites for hydroxylation is 1. The third-order valence-corrected chi connectivity index (χ3v) is 2.97. The maximum absolute atomic E-state index is 13.3. The van der Waals surface area contributed by atoms with Crippen LogP contribution in [0.4, 0.5) is 14.9 Å². The van der Waals surface area contributed by atoms with Crippen LogP contribution in [0.1, 0.15) is 32.3 Å². The van der Waals surface area contributed by atoms with E-state index >= 15 is 0 Å². The van der Waals surface area contributed by atoms with Crippen molar-refractivity contribution in [2.45, 2.75) is 39.7 Å². The predicted octanol–water partition coefficient (Wildman–Crippen LogP) is 3.24. The van der Waals surface area contributed by atoms with E-state index in [1.54, 1.807) is 13.0 Å². The van der Waals surface area contributed by atoms with E-state index < -0.39 is 11.8 Å². The molecule has 1 aromatic rings. The molecule has 0 saturated carbocycles. The van der Waals surface area contributed by atoms with E-state index in [9.17, 15) is 14.0 Å². The maximum Gasteiger partial charge on any atom is 0.322 e.